The molecule has 3 aromatic heterocycles. The minimum atomic E-state index is -0.157. The van der Waals surface area contributed by atoms with Gasteiger partial charge in [0.1, 0.15) is 0 Å². The van der Waals surface area contributed by atoms with Gasteiger partial charge in [-0.15, -0.1) is 11.3 Å². The maximum absolute atomic E-state index is 12.3. The largest absolute Gasteiger partial charge is 0.318 e. The Morgan fingerprint density at radius 1 is 1.38 bits per heavy atom. The van der Waals surface area contributed by atoms with Crippen LogP contribution in [0.15, 0.2) is 46.6 Å². The molecule has 7 heteroatoms. The first-order chi connectivity index (χ1) is 10.1. The van der Waals surface area contributed by atoms with Crippen molar-refractivity contribution in [2.75, 3.05) is 5.32 Å². The van der Waals surface area contributed by atoms with Crippen LogP contribution < -0.4 is 5.32 Å². The van der Waals surface area contributed by atoms with E-state index in [2.05, 4.69) is 31.3 Å². The Bertz CT molecular complexity index is 763. The number of halogens is 1. The molecule has 0 aliphatic rings. The van der Waals surface area contributed by atoms with Gasteiger partial charge in [-0.05, 0) is 52.7 Å². The van der Waals surface area contributed by atoms with E-state index in [1.165, 1.54) is 11.3 Å². The number of aromatic nitrogens is 3. The lowest BCUT2D eigenvalue weighted by Crippen LogP contribution is -2.13. The molecule has 0 saturated carbocycles. The predicted octanol–water partition coefficient (Wildman–Crippen LogP) is 3.65. The molecule has 3 rings (SSSR count). The number of pyridine rings is 1. The number of aryl methyl sites for hydroxylation is 1. The second kappa shape index (κ2) is 5.79. The van der Waals surface area contributed by atoms with Gasteiger partial charge in [0.05, 0.1) is 14.4 Å². The molecule has 0 bridgehead atoms. The number of carbonyl (C=O) groups excluding carboxylic acids is 1. The summed E-state index contributed by atoms with van der Waals surface area (Å²) < 4.78 is 2.58. The summed E-state index contributed by atoms with van der Waals surface area (Å²) in [6, 6.07) is 7.24. The van der Waals surface area contributed by atoms with Gasteiger partial charge in [0, 0.05) is 18.6 Å². The second-order valence-electron chi connectivity index (χ2n) is 4.35. The first-order valence-electron chi connectivity index (χ1n) is 6.17. The van der Waals surface area contributed by atoms with Gasteiger partial charge >= 0.3 is 0 Å². The molecule has 0 aliphatic carbocycles. The minimum absolute atomic E-state index is 0.157. The molecule has 5 nitrogen and oxygen atoms in total. The van der Waals surface area contributed by atoms with Crippen LogP contribution in [-0.2, 0) is 0 Å². The predicted molar refractivity (Wildman–Crippen MR) is 86.1 cm³/mol. The van der Waals surface area contributed by atoms with Crippen molar-refractivity contribution < 1.29 is 4.79 Å². The van der Waals surface area contributed by atoms with Crippen LogP contribution in [0.2, 0.25) is 0 Å². The Balaban J connectivity index is 1.90. The van der Waals surface area contributed by atoms with Crippen LogP contribution in [-0.4, -0.2) is 20.7 Å². The van der Waals surface area contributed by atoms with Crippen LogP contribution in [0.1, 0.15) is 15.2 Å². The van der Waals surface area contributed by atoms with Crippen LogP contribution in [0.4, 0.5) is 5.69 Å². The van der Waals surface area contributed by atoms with Gasteiger partial charge in [0.15, 0.2) is 5.82 Å². The maximum atomic E-state index is 12.3. The van der Waals surface area contributed by atoms with E-state index in [-0.39, 0.29) is 5.91 Å². The molecule has 1 amide bonds. The van der Waals surface area contributed by atoms with Gasteiger partial charge in [-0.3, -0.25) is 4.79 Å². The van der Waals surface area contributed by atoms with Crippen molar-refractivity contribution >= 4 is 38.9 Å². The van der Waals surface area contributed by atoms with Crippen LogP contribution in [0.3, 0.4) is 0 Å². The van der Waals surface area contributed by atoms with Crippen LogP contribution >= 0.6 is 27.3 Å². The van der Waals surface area contributed by atoms with Crippen LogP contribution in [0, 0.1) is 6.92 Å². The normalized spacial score (nSPS) is 10.6. The molecule has 0 unspecified atom stereocenters. The lowest BCUT2D eigenvalue weighted by Gasteiger charge is -2.08. The number of hydrogen-bond acceptors (Lipinski definition) is 4. The average molecular weight is 363 g/mol. The van der Waals surface area contributed by atoms with Gasteiger partial charge in [-0.25, -0.2) is 9.67 Å². The Morgan fingerprint density at radius 2 is 2.24 bits per heavy atom. The second-order valence-corrected chi connectivity index (χ2v) is 6.72. The molecule has 0 aliphatic heterocycles. The van der Waals surface area contributed by atoms with Crippen molar-refractivity contribution in [3.63, 3.8) is 0 Å². The molecule has 0 aromatic carbocycles. The summed E-state index contributed by atoms with van der Waals surface area (Å²) >= 11 is 4.83. The number of hydrogen-bond donors (Lipinski definition) is 1. The number of nitrogens with zero attached hydrogens (tertiary/aromatic N) is 3. The molecule has 0 atom stereocenters. The number of amides is 1. The number of nitrogens with one attached hydrogen (secondary N) is 1. The summed E-state index contributed by atoms with van der Waals surface area (Å²) in [7, 11) is 0. The molecular formula is C14H11BrN4OS. The van der Waals surface area contributed by atoms with E-state index < -0.39 is 0 Å². The van der Waals surface area contributed by atoms with E-state index in [1.807, 2.05) is 13.0 Å². The van der Waals surface area contributed by atoms with E-state index in [9.17, 15) is 4.79 Å². The van der Waals surface area contributed by atoms with Gasteiger partial charge in [0.2, 0.25) is 0 Å². The zero-order valence-corrected chi connectivity index (χ0v) is 13.5. The van der Waals surface area contributed by atoms with Gasteiger partial charge in [-0.2, -0.15) is 5.10 Å². The van der Waals surface area contributed by atoms with E-state index in [4.69, 9.17) is 0 Å². The highest BCUT2D eigenvalue weighted by Gasteiger charge is 2.14. The highest BCUT2D eigenvalue weighted by molar-refractivity contribution is 9.11. The Kier molecular flexibility index (Phi) is 3.85. The first-order valence-corrected chi connectivity index (χ1v) is 7.78. The van der Waals surface area contributed by atoms with Crippen molar-refractivity contribution in [2.45, 2.75) is 6.92 Å². The summed E-state index contributed by atoms with van der Waals surface area (Å²) in [4.78, 5) is 17.2. The Morgan fingerprint density at radius 3 is 2.90 bits per heavy atom. The third-order valence-corrected chi connectivity index (χ3v) is 4.97. The molecule has 0 radical (unpaired) electrons. The lowest BCUT2D eigenvalue weighted by molar-refractivity contribution is 0.103. The van der Waals surface area contributed by atoms with Gasteiger partial charge < -0.3 is 5.32 Å². The first kappa shape index (κ1) is 14.0. The van der Waals surface area contributed by atoms with Crippen molar-refractivity contribution in [1.82, 2.24) is 14.8 Å². The molecule has 106 valence electrons. The highest BCUT2D eigenvalue weighted by atomic mass is 79.9. The van der Waals surface area contributed by atoms with E-state index in [0.29, 0.717) is 16.4 Å². The molecular weight excluding hydrogens is 352 g/mol. The van der Waals surface area contributed by atoms with Crippen LogP contribution in [0.25, 0.3) is 5.82 Å². The fourth-order valence-electron chi connectivity index (χ4n) is 1.83. The van der Waals surface area contributed by atoms with Gasteiger partial charge in [0.25, 0.3) is 5.91 Å². The summed E-state index contributed by atoms with van der Waals surface area (Å²) in [6.07, 6.45) is 5.11. The summed E-state index contributed by atoms with van der Waals surface area (Å²) in [5, 5.41) is 7.03. The van der Waals surface area contributed by atoms with Crippen molar-refractivity contribution in [1.29, 1.82) is 0 Å². The summed E-state index contributed by atoms with van der Waals surface area (Å²) in [5.41, 5.74) is 1.66. The van der Waals surface area contributed by atoms with Crippen LogP contribution in [0.5, 0.6) is 0 Å². The Labute approximate surface area is 133 Å². The van der Waals surface area contributed by atoms with E-state index in [0.717, 1.165) is 9.35 Å². The zero-order chi connectivity index (χ0) is 14.8. The molecule has 0 spiro atoms. The number of anilines is 1. The Hall–Kier alpha value is -1.99. The topological polar surface area (TPSA) is 59.8 Å². The molecule has 1 N–H and O–H groups in total. The molecule has 3 heterocycles. The molecule has 21 heavy (non-hydrogen) atoms. The third kappa shape index (κ3) is 2.88. The SMILES string of the molecule is Cc1cc(C(=O)Nc2cccnc2-n2cccn2)sc1Br. The number of carbonyl (C=O) groups is 1. The quantitative estimate of drug-likeness (QED) is 0.773. The maximum Gasteiger partial charge on any atom is 0.265 e. The summed E-state index contributed by atoms with van der Waals surface area (Å²) in [5.74, 6) is 0.429. The average Bonchev–Trinajstić information content (AvgIpc) is 3.10. The van der Waals surface area contributed by atoms with Crippen molar-refractivity contribution in [3.8, 4) is 5.82 Å². The smallest absolute Gasteiger partial charge is 0.265 e. The van der Waals surface area contributed by atoms with Crippen molar-refractivity contribution in [2.24, 2.45) is 0 Å². The number of thiophene rings is 1. The fraction of sp³-hybridized carbons (Fsp3) is 0.0714. The molecule has 3 aromatic rings. The highest BCUT2D eigenvalue weighted by Crippen LogP contribution is 2.28. The monoisotopic (exact) mass is 362 g/mol. The third-order valence-electron chi connectivity index (χ3n) is 2.84. The molecule has 0 saturated heterocycles. The van der Waals surface area contributed by atoms with E-state index >= 15 is 0 Å². The zero-order valence-electron chi connectivity index (χ0n) is 11.1. The van der Waals surface area contributed by atoms with E-state index in [1.54, 1.807) is 41.5 Å². The lowest BCUT2D eigenvalue weighted by atomic mass is 10.3. The summed E-state index contributed by atoms with van der Waals surface area (Å²) in [6.45, 7) is 1.95. The number of rotatable bonds is 3. The van der Waals surface area contributed by atoms with Crippen molar-refractivity contribution in [3.05, 3.63) is 57.1 Å². The standard InChI is InChI=1S/C14H11BrN4OS/c1-9-8-11(21-12(9)15)14(20)18-10-4-2-5-16-13(10)19-7-3-6-17-19/h2-8H,1H3,(H,18,20). The molecule has 0 fully saturated rings. The minimum Gasteiger partial charge on any atom is -0.318 e. The van der Waals surface area contributed by atoms with Gasteiger partial charge in [-0.1, -0.05) is 0 Å². The fourth-order valence-corrected chi connectivity index (χ4v) is 3.26.